The zero-order valence-electron chi connectivity index (χ0n) is 21.6. The second-order valence-electron chi connectivity index (χ2n) is 11.6. The van der Waals surface area contributed by atoms with Crippen LogP contribution in [-0.4, -0.2) is 26.9 Å². The van der Waals surface area contributed by atoms with E-state index >= 15 is 0 Å². The summed E-state index contributed by atoms with van der Waals surface area (Å²) in [5.41, 5.74) is 1.38. The van der Waals surface area contributed by atoms with Crippen molar-refractivity contribution in [2.24, 2.45) is 5.92 Å². The minimum atomic E-state index is 0.152. The van der Waals surface area contributed by atoms with Gasteiger partial charge >= 0.3 is 0 Å². The molecular weight excluding hydrogens is 400 g/mol. The van der Waals surface area contributed by atoms with E-state index in [4.69, 9.17) is 0 Å². The maximum absolute atomic E-state index is 12.4. The first-order valence-electron chi connectivity index (χ1n) is 14.9. The lowest BCUT2D eigenvalue weighted by molar-refractivity contribution is 0.258. The summed E-state index contributed by atoms with van der Waals surface area (Å²) in [7, 11) is 4.76. The average molecular weight is 451 g/mol. The molecule has 3 saturated carbocycles. The molecule has 33 heavy (non-hydrogen) atoms. The molecule has 0 saturated heterocycles. The average Bonchev–Trinajstić information content (AvgIpc) is 2.73. The Hall–Kier alpha value is -0.660. The molecule has 0 aromatic carbocycles. The van der Waals surface area contributed by atoms with Gasteiger partial charge in [-0.15, -0.1) is 0 Å². The number of nitrogens with one attached hydrogen (secondary N) is 1. The van der Waals surface area contributed by atoms with Crippen molar-refractivity contribution in [2.75, 3.05) is 6.54 Å². The summed E-state index contributed by atoms with van der Waals surface area (Å²) < 4.78 is 0. The number of hydrogen-bond acceptors (Lipinski definition) is 1. The zero-order valence-corrected chi connectivity index (χ0v) is 21.6. The Labute approximate surface area is 207 Å². The van der Waals surface area contributed by atoms with E-state index in [0.29, 0.717) is 11.7 Å². The number of amides is 1. The summed E-state index contributed by atoms with van der Waals surface area (Å²) in [6.45, 7) is 5.21. The number of carbonyl (C=O) groups excluding carboxylic acids is 1. The Bertz CT molecular complexity index is 540. The van der Waals surface area contributed by atoms with Crippen molar-refractivity contribution in [3.05, 3.63) is 12.2 Å². The van der Waals surface area contributed by atoms with E-state index in [9.17, 15) is 4.79 Å². The molecule has 3 fully saturated rings. The van der Waals surface area contributed by atoms with E-state index in [2.05, 4.69) is 19.2 Å². The molecule has 2 nitrogen and oxygen atoms in total. The van der Waals surface area contributed by atoms with Crippen LogP contribution in [0, 0.1) is 5.92 Å². The van der Waals surface area contributed by atoms with E-state index in [1.54, 1.807) is 0 Å². The van der Waals surface area contributed by atoms with E-state index in [-0.39, 0.29) is 5.81 Å². The zero-order chi connectivity index (χ0) is 23.1. The van der Waals surface area contributed by atoms with Gasteiger partial charge in [0.25, 0.3) is 0 Å². The Morgan fingerprint density at radius 2 is 1.09 bits per heavy atom. The third kappa shape index (κ3) is 11.1. The van der Waals surface area contributed by atoms with Gasteiger partial charge in [0.05, 0.1) is 0 Å². The van der Waals surface area contributed by atoms with Crippen molar-refractivity contribution < 1.29 is 4.79 Å². The van der Waals surface area contributed by atoms with Gasteiger partial charge < -0.3 is 5.32 Å². The van der Waals surface area contributed by atoms with Crippen molar-refractivity contribution in [1.82, 2.24) is 5.32 Å². The highest BCUT2D eigenvalue weighted by Crippen LogP contribution is 2.37. The van der Waals surface area contributed by atoms with Gasteiger partial charge in [-0.3, -0.25) is 4.79 Å². The van der Waals surface area contributed by atoms with E-state index < -0.39 is 0 Å². The van der Waals surface area contributed by atoms with Crippen molar-refractivity contribution in [3.63, 3.8) is 0 Å². The highest BCUT2D eigenvalue weighted by atomic mass is 16.1. The summed E-state index contributed by atoms with van der Waals surface area (Å²) >= 11 is 0. The van der Waals surface area contributed by atoms with Gasteiger partial charge in [-0.05, 0) is 25.2 Å². The minimum Gasteiger partial charge on any atom is -0.365 e. The predicted octanol–water partition coefficient (Wildman–Crippen LogP) is 8.88. The predicted molar refractivity (Wildman–Crippen MR) is 146 cm³/mol. The molecule has 3 aliphatic carbocycles. The minimum absolute atomic E-state index is 0.152. The van der Waals surface area contributed by atoms with Gasteiger partial charge in [0, 0.05) is 6.54 Å². The van der Waals surface area contributed by atoms with Gasteiger partial charge in [-0.25, -0.2) is 0 Å². The van der Waals surface area contributed by atoms with Crippen molar-refractivity contribution >= 4 is 20.4 Å². The molecule has 0 aromatic heterocycles. The molecule has 1 amide bonds. The first-order valence-corrected chi connectivity index (χ1v) is 14.9. The molecule has 1 N–H and O–H groups in total. The maximum atomic E-state index is 12.4. The quantitative estimate of drug-likeness (QED) is 0.290. The third-order valence-electron chi connectivity index (χ3n) is 8.81. The van der Waals surface area contributed by atoms with Crippen LogP contribution in [0.3, 0.4) is 0 Å². The van der Waals surface area contributed by atoms with Gasteiger partial charge in [0.15, 0.2) is 5.81 Å². The van der Waals surface area contributed by atoms with E-state index in [1.165, 1.54) is 134 Å². The van der Waals surface area contributed by atoms with Crippen molar-refractivity contribution in [1.29, 1.82) is 0 Å². The second-order valence-corrected chi connectivity index (χ2v) is 11.6. The fraction of sp³-hybridized carbons (Fsp3) is 0.897. The van der Waals surface area contributed by atoms with Crippen molar-refractivity contribution in [3.8, 4) is 0 Å². The fourth-order valence-corrected chi connectivity index (χ4v) is 6.69. The molecule has 0 spiro atoms. The van der Waals surface area contributed by atoms with E-state index in [0.717, 1.165) is 24.6 Å². The topological polar surface area (TPSA) is 29.1 Å². The third-order valence-corrected chi connectivity index (χ3v) is 8.81. The molecule has 0 atom stereocenters. The summed E-state index contributed by atoms with van der Waals surface area (Å²) in [6, 6.07) is 0. The Balaban J connectivity index is 1.29. The highest BCUT2D eigenvalue weighted by molar-refractivity contribution is 6.74. The Morgan fingerprint density at radius 1 is 0.636 bits per heavy atom. The smallest absolute Gasteiger partial charge is 0.236 e. The maximum Gasteiger partial charge on any atom is 0.236 e. The molecule has 0 aliphatic heterocycles. The monoisotopic (exact) mass is 451 g/mol. The molecule has 3 aliphatic rings. The van der Waals surface area contributed by atoms with Crippen LogP contribution in [0.5, 0.6) is 0 Å². The van der Waals surface area contributed by atoms with Crippen LogP contribution < -0.4 is 5.32 Å². The summed E-state index contributed by atoms with van der Waals surface area (Å²) in [6.07, 6.45) is 28.2. The van der Waals surface area contributed by atoms with Crippen LogP contribution in [0.1, 0.15) is 135 Å². The summed E-state index contributed by atoms with van der Waals surface area (Å²) in [5.74, 6) is 3.05. The Morgan fingerprint density at radius 3 is 1.64 bits per heavy atom. The van der Waals surface area contributed by atoms with Crippen LogP contribution in [0.2, 0.25) is 17.5 Å². The van der Waals surface area contributed by atoms with Gasteiger partial charge in [0.1, 0.15) is 7.28 Å². The van der Waals surface area contributed by atoms with Crippen molar-refractivity contribution in [2.45, 2.75) is 152 Å². The molecule has 2 radical (unpaired) electrons. The SMILES string of the molecule is C=C(CCNC(=O)[B]C1CCCCCCC1)C1CCCC([B]C2CCCCCCC2)CCC1. The molecule has 0 heterocycles. The molecule has 3 rings (SSSR count). The normalized spacial score (nSPS) is 27.0. The van der Waals surface area contributed by atoms with Crippen LogP contribution in [0.15, 0.2) is 12.2 Å². The lowest BCUT2D eigenvalue weighted by Crippen LogP contribution is -2.31. The van der Waals surface area contributed by atoms with Gasteiger partial charge in [-0.1, -0.05) is 145 Å². The van der Waals surface area contributed by atoms with Crippen LogP contribution in [0.4, 0.5) is 4.79 Å². The lowest BCUT2D eigenvalue weighted by atomic mass is 9.49. The standard InChI is InChI=1S/C29H51B2NO/c1-24(22-23-32-29(33)31-28-18-10-6-3-7-11-19-28)25-14-12-20-27(21-13-15-25)30-26-16-8-4-2-5-9-17-26/h25-28H,1-23H2,(H,32,33). The molecule has 0 aromatic rings. The number of carbonyl (C=O) groups is 1. The highest BCUT2D eigenvalue weighted by Gasteiger charge is 2.23. The molecule has 184 valence electrons. The second kappa shape index (κ2) is 16.1. The first-order chi connectivity index (χ1) is 16.2. The molecule has 0 unspecified atom stereocenters. The number of hydrogen-bond donors (Lipinski definition) is 1. The molecular formula is C29H51B2NO. The van der Waals surface area contributed by atoms with Crippen LogP contribution >= 0.6 is 0 Å². The lowest BCUT2D eigenvalue weighted by Gasteiger charge is -2.28. The fourth-order valence-electron chi connectivity index (χ4n) is 6.69. The summed E-state index contributed by atoms with van der Waals surface area (Å²) in [4.78, 5) is 12.4. The van der Waals surface area contributed by atoms with E-state index in [1.807, 2.05) is 7.28 Å². The summed E-state index contributed by atoms with van der Waals surface area (Å²) in [5, 5.41) is 3.17. The molecule has 0 bridgehead atoms. The van der Waals surface area contributed by atoms with Gasteiger partial charge in [-0.2, -0.15) is 0 Å². The number of rotatable bonds is 8. The van der Waals surface area contributed by atoms with Crippen LogP contribution in [-0.2, 0) is 0 Å². The van der Waals surface area contributed by atoms with Crippen LogP contribution in [0.25, 0.3) is 0 Å². The van der Waals surface area contributed by atoms with Gasteiger partial charge in [0.2, 0.25) is 7.28 Å². The largest absolute Gasteiger partial charge is 0.365 e. The first kappa shape index (κ1) is 26.9. The Kier molecular flexibility index (Phi) is 13.1. The molecule has 4 heteroatoms.